The molecule has 6 nitrogen and oxygen atoms in total. The van der Waals surface area contributed by atoms with Gasteiger partial charge >= 0.3 is 0 Å². The van der Waals surface area contributed by atoms with Crippen LogP contribution in [0.1, 0.15) is 36.0 Å². The summed E-state index contributed by atoms with van der Waals surface area (Å²) in [5.74, 6) is 1.26. The molecular weight excluding hydrogens is 412 g/mol. The second-order valence-electron chi connectivity index (χ2n) is 7.26. The Morgan fingerprint density at radius 2 is 1.87 bits per heavy atom. The van der Waals surface area contributed by atoms with Crippen molar-refractivity contribution in [3.8, 4) is 11.5 Å². The Morgan fingerprint density at radius 3 is 2.61 bits per heavy atom. The minimum atomic E-state index is -0.127. The molecule has 0 aliphatic carbocycles. The minimum Gasteiger partial charge on any atom is -0.497 e. The number of carbonyl (C=O) groups excluding carboxylic acids is 2. The quantitative estimate of drug-likeness (QED) is 0.637. The summed E-state index contributed by atoms with van der Waals surface area (Å²) in [6.45, 7) is 1.54. The van der Waals surface area contributed by atoms with E-state index >= 15 is 0 Å². The SMILES string of the molecule is COc1ccc(CNC(=O)c2cc3c(s2)CCN(C(=O)c2ccccc2)C3)c(OC)c1. The molecule has 4 rings (SSSR count). The van der Waals surface area contributed by atoms with Gasteiger partial charge in [-0.05, 0) is 42.3 Å². The number of carbonyl (C=O) groups is 2. The van der Waals surface area contributed by atoms with Gasteiger partial charge in [-0.1, -0.05) is 18.2 Å². The first-order valence-electron chi connectivity index (χ1n) is 10.0. The number of hydrogen-bond acceptors (Lipinski definition) is 5. The van der Waals surface area contributed by atoms with Crippen molar-refractivity contribution >= 4 is 23.2 Å². The van der Waals surface area contributed by atoms with Crippen molar-refractivity contribution in [2.75, 3.05) is 20.8 Å². The molecule has 1 N–H and O–H groups in total. The van der Waals surface area contributed by atoms with Crippen LogP contribution < -0.4 is 14.8 Å². The van der Waals surface area contributed by atoms with Crippen LogP contribution in [0.2, 0.25) is 0 Å². The van der Waals surface area contributed by atoms with E-state index in [1.54, 1.807) is 20.3 Å². The van der Waals surface area contributed by atoms with Gasteiger partial charge in [0.05, 0.1) is 19.1 Å². The van der Waals surface area contributed by atoms with Crippen molar-refractivity contribution in [3.05, 3.63) is 81.0 Å². The second kappa shape index (κ2) is 9.22. The summed E-state index contributed by atoms with van der Waals surface area (Å²) in [7, 11) is 3.19. The highest BCUT2D eigenvalue weighted by Gasteiger charge is 2.25. The number of nitrogens with zero attached hydrogens (tertiary/aromatic N) is 1. The third-order valence-electron chi connectivity index (χ3n) is 5.33. The fourth-order valence-corrected chi connectivity index (χ4v) is 4.72. The lowest BCUT2D eigenvalue weighted by molar-refractivity contribution is 0.0736. The highest BCUT2D eigenvalue weighted by atomic mass is 32.1. The van der Waals surface area contributed by atoms with Crippen molar-refractivity contribution in [2.24, 2.45) is 0 Å². The summed E-state index contributed by atoms with van der Waals surface area (Å²) in [4.78, 5) is 29.2. The van der Waals surface area contributed by atoms with E-state index in [0.29, 0.717) is 41.6 Å². The van der Waals surface area contributed by atoms with Gasteiger partial charge in [0.1, 0.15) is 11.5 Å². The number of fused-ring (bicyclic) bond motifs is 1. The molecule has 0 saturated heterocycles. The molecule has 7 heteroatoms. The average molecular weight is 437 g/mol. The van der Waals surface area contributed by atoms with E-state index in [1.807, 2.05) is 53.4 Å². The Kier molecular flexibility index (Phi) is 6.23. The van der Waals surface area contributed by atoms with Crippen LogP contribution in [0.4, 0.5) is 0 Å². The number of rotatable bonds is 6. The molecule has 0 radical (unpaired) electrons. The molecule has 0 fully saturated rings. The van der Waals surface area contributed by atoms with Crippen LogP contribution >= 0.6 is 11.3 Å². The van der Waals surface area contributed by atoms with Gasteiger partial charge in [0.25, 0.3) is 11.8 Å². The maximum atomic E-state index is 12.7. The van der Waals surface area contributed by atoms with Gasteiger partial charge in [-0.2, -0.15) is 0 Å². The second-order valence-corrected chi connectivity index (χ2v) is 8.40. The van der Waals surface area contributed by atoms with Crippen LogP contribution in [-0.2, 0) is 19.5 Å². The zero-order valence-corrected chi connectivity index (χ0v) is 18.3. The molecule has 2 heterocycles. The molecule has 0 spiro atoms. The van der Waals surface area contributed by atoms with E-state index in [-0.39, 0.29) is 11.8 Å². The largest absolute Gasteiger partial charge is 0.497 e. The maximum absolute atomic E-state index is 12.7. The number of methoxy groups -OCH3 is 2. The molecule has 1 aromatic heterocycles. The molecule has 2 aromatic carbocycles. The highest BCUT2D eigenvalue weighted by Crippen LogP contribution is 2.29. The fraction of sp³-hybridized carbons (Fsp3) is 0.250. The number of thiophene rings is 1. The normalized spacial score (nSPS) is 12.8. The van der Waals surface area contributed by atoms with E-state index in [2.05, 4.69) is 5.32 Å². The summed E-state index contributed by atoms with van der Waals surface area (Å²) < 4.78 is 10.6. The predicted octanol–water partition coefficient (Wildman–Crippen LogP) is 3.89. The molecule has 0 atom stereocenters. The van der Waals surface area contributed by atoms with Crippen molar-refractivity contribution in [1.82, 2.24) is 10.2 Å². The molecule has 0 saturated carbocycles. The topological polar surface area (TPSA) is 67.9 Å². The Bertz CT molecular complexity index is 1090. The lowest BCUT2D eigenvalue weighted by Crippen LogP contribution is -2.35. The number of hydrogen-bond donors (Lipinski definition) is 1. The molecule has 1 aliphatic rings. The van der Waals surface area contributed by atoms with Crippen LogP contribution in [0.5, 0.6) is 11.5 Å². The Labute approximate surface area is 185 Å². The third-order valence-corrected chi connectivity index (χ3v) is 6.57. The first kappa shape index (κ1) is 20.9. The zero-order chi connectivity index (χ0) is 21.8. The van der Waals surface area contributed by atoms with E-state index in [1.165, 1.54) is 16.2 Å². The fourth-order valence-electron chi connectivity index (χ4n) is 3.64. The lowest BCUT2D eigenvalue weighted by Gasteiger charge is -2.27. The lowest BCUT2D eigenvalue weighted by atomic mass is 10.1. The number of ether oxygens (including phenoxy) is 2. The highest BCUT2D eigenvalue weighted by molar-refractivity contribution is 7.14. The molecule has 2 amide bonds. The molecule has 0 bridgehead atoms. The molecule has 0 unspecified atom stereocenters. The van der Waals surface area contributed by atoms with Gasteiger partial charge < -0.3 is 19.7 Å². The standard InChI is InChI=1S/C24H24N2O4S/c1-29-19-9-8-17(20(13-19)30-2)14-25-23(27)22-12-18-15-26(11-10-21(18)31-22)24(28)16-6-4-3-5-7-16/h3-9,12-13H,10-11,14-15H2,1-2H3,(H,25,27). The zero-order valence-electron chi connectivity index (χ0n) is 17.5. The van der Waals surface area contributed by atoms with Crippen LogP contribution in [0, 0.1) is 0 Å². The number of amides is 2. The predicted molar refractivity (Wildman–Crippen MR) is 120 cm³/mol. The Balaban J connectivity index is 1.42. The number of benzene rings is 2. The first-order valence-corrected chi connectivity index (χ1v) is 10.9. The molecule has 1 aliphatic heterocycles. The summed E-state index contributed by atoms with van der Waals surface area (Å²) in [6.07, 6.45) is 0.762. The maximum Gasteiger partial charge on any atom is 0.261 e. The average Bonchev–Trinajstić information content (AvgIpc) is 3.26. The van der Waals surface area contributed by atoms with E-state index in [4.69, 9.17) is 9.47 Å². The third kappa shape index (κ3) is 4.56. The summed E-state index contributed by atoms with van der Waals surface area (Å²) in [5, 5.41) is 2.97. The van der Waals surface area contributed by atoms with Gasteiger partial charge in [0.2, 0.25) is 0 Å². The van der Waals surface area contributed by atoms with Gasteiger partial charge in [-0.15, -0.1) is 11.3 Å². The van der Waals surface area contributed by atoms with E-state index < -0.39 is 0 Å². The molecule has 31 heavy (non-hydrogen) atoms. The van der Waals surface area contributed by atoms with Crippen LogP contribution in [-0.4, -0.2) is 37.5 Å². The minimum absolute atomic E-state index is 0.0232. The van der Waals surface area contributed by atoms with Crippen LogP contribution in [0.3, 0.4) is 0 Å². The van der Waals surface area contributed by atoms with E-state index in [0.717, 1.165) is 17.5 Å². The van der Waals surface area contributed by atoms with Gasteiger partial charge in [-0.25, -0.2) is 0 Å². The summed E-state index contributed by atoms with van der Waals surface area (Å²) >= 11 is 1.50. The van der Waals surface area contributed by atoms with Gasteiger partial charge in [0.15, 0.2) is 0 Å². The van der Waals surface area contributed by atoms with Crippen molar-refractivity contribution in [1.29, 1.82) is 0 Å². The van der Waals surface area contributed by atoms with Crippen molar-refractivity contribution < 1.29 is 19.1 Å². The Hall–Kier alpha value is -3.32. The summed E-state index contributed by atoms with van der Waals surface area (Å²) in [6, 6.07) is 16.7. The molecular formula is C24H24N2O4S. The van der Waals surface area contributed by atoms with Crippen molar-refractivity contribution in [2.45, 2.75) is 19.5 Å². The summed E-state index contributed by atoms with van der Waals surface area (Å²) in [5.41, 5.74) is 2.61. The molecule has 3 aromatic rings. The van der Waals surface area contributed by atoms with Crippen LogP contribution in [0.15, 0.2) is 54.6 Å². The van der Waals surface area contributed by atoms with Crippen LogP contribution in [0.25, 0.3) is 0 Å². The Morgan fingerprint density at radius 1 is 1.06 bits per heavy atom. The van der Waals surface area contributed by atoms with Gasteiger partial charge in [0, 0.05) is 41.7 Å². The van der Waals surface area contributed by atoms with E-state index in [9.17, 15) is 9.59 Å². The van der Waals surface area contributed by atoms with Crippen molar-refractivity contribution in [3.63, 3.8) is 0 Å². The molecule has 160 valence electrons. The smallest absolute Gasteiger partial charge is 0.261 e. The number of nitrogens with one attached hydrogen (secondary N) is 1. The monoisotopic (exact) mass is 436 g/mol. The first-order chi connectivity index (χ1) is 15.1. The van der Waals surface area contributed by atoms with Gasteiger partial charge in [-0.3, -0.25) is 9.59 Å².